The van der Waals surface area contributed by atoms with Crippen molar-refractivity contribution < 1.29 is 4.79 Å². The number of rotatable bonds is 4. The number of nitrogen functional groups attached to an aromatic ring is 1. The normalized spacial score (nSPS) is 23.3. The molecule has 2 unspecified atom stereocenters. The zero-order chi connectivity index (χ0) is 14.5. The molecule has 2 atom stereocenters. The SMILES string of the molecule is CCCn1cc(N)cc1C(=O)NC1CCCCCC1C. The van der Waals surface area contributed by atoms with Crippen molar-refractivity contribution in [2.75, 3.05) is 5.73 Å². The fraction of sp³-hybridized carbons (Fsp3) is 0.688. The third kappa shape index (κ3) is 3.56. The number of hydrogen-bond acceptors (Lipinski definition) is 2. The highest BCUT2D eigenvalue weighted by Crippen LogP contribution is 2.23. The molecule has 0 aromatic carbocycles. The number of amides is 1. The predicted molar refractivity (Wildman–Crippen MR) is 82.6 cm³/mol. The lowest BCUT2D eigenvalue weighted by Gasteiger charge is -2.23. The van der Waals surface area contributed by atoms with Crippen LogP contribution in [0.15, 0.2) is 12.3 Å². The van der Waals surface area contributed by atoms with Crippen LogP contribution in [-0.2, 0) is 6.54 Å². The summed E-state index contributed by atoms with van der Waals surface area (Å²) in [5.41, 5.74) is 7.19. The Kier molecular flexibility index (Phi) is 5.10. The molecule has 1 amide bonds. The van der Waals surface area contributed by atoms with E-state index in [0.717, 1.165) is 19.4 Å². The summed E-state index contributed by atoms with van der Waals surface area (Å²) in [4.78, 5) is 12.5. The molecule has 1 aromatic rings. The molecule has 1 saturated carbocycles. The number of carbonyl (C=O) groups is 1. The van der Waals surface area contributed by atoms with Gasteiger partial charge in [0.25, 0.3) is 5.91 Å². The first-order valence-corrected chi connectivity index (χ1v) is 7.88. The first-order chi connectivity index (χ1) is 9.61. The lowest BCUT2D eigenvalue weighted by molar-refractivity contribution is 0.0912. The van der Waals surface area contributed by atoms with Gasteiger partial charge in [-0.2, -0.15) is 0 Å². The number of aryl methyl sites for hydroxylation is 1. The van der Waals surface area contributed by atoms with Crippen molar-refractivity contribution in [3.05, 3.63) is 18.0 Å². The summed E-state index contributed by atoms with van der Waals surface area (Å²) >= 11 is 0. The molecule has 3 N–H and O–H groups in total. The molecule has 2 rings (SSSR count). The summed E-state index contributed by atoms with van der Waals surface area (Å²) in [6.45, 7) is 5.18. The van der Waals surface area contributed by atoms with E-state index in [-0.39, 0.29) is 5.91 Å². The average Bonchev–Trinajstić information content (AvgIpc) is 2.66. The van der Waals surface area contributed by atoms with E-state index >= 15 is 0 Å². The Labute approximate surface area is 121 Å². The Balaban J connectivity index is 2.07. The van der Waals surface area contributed by atoms with Gasteiger partial charge in [0.05, 0.1) is 5.69 Å². The quantitative estimate of drug-likeness (QED) is 0.830. The Bertz CT molecular complexity index is 453. The van der Waals surface area contributed by atoms with Crippen LogP contribution in [0.3, 0.4) is 0 Å². The third-order valence-electron chi connectivity index (χ3n) is 4.29. The van der Waals surface area contributed by atoms with Crippen LogP contribution in [-0.4, -0.2) is 16.5 Å². The number of nitrogens with zero attached hydrogens (tertiary/aromatic N) is 1. The fourth-order valence-electron chi connectivity index (χ4n) is 3.10. The summed E-state index contributed by atoms with van der Waals surface area (Å²) < 4.78 is 1.96. The Morgan fingerprint density at radius 1 is 1.40 bits per heavy atom. The molecule has 4 nitrogen and oxygen atoms in total. The van der Waals surface area contributed by atoms with Crippen molar-refractivity contribution in [2.24, 2.45) is 5.92 Å². The van der Waals surface area contributed by atoms with Gasteiger partial charge in [-0.25, -0.2) is 0 Å². The van der Waals surface area contributed by atoms with Crippen molar-refractivity contribution in [1.29, 1.82) is 0 Å². The highest BCUT2D eigenvalue weighted by Gasteiger charge is 2.23. The molecule has 0 radical (unpaired) electrons. The van der Waals surface area contributed by atoms with Gasteiger partial charge in [-0.05, 0) is 31.2 Å². The number of nitrogens with one attached hydrogen (secondary N) is 1. The Hall–Kier alpha value is -1.45. The van der Waals surface area contributed by atoms with Crippen LogP contribution >= 0.6 is 0 Å². The number of carbonyl (C=O) groups excluding carboxylic acids is 1. The summed E-state index contributed by atoms with van der Waals surface area (Å²) in [5, 5.41) is 3.22. The summed E-state index contributed by atoms with van der Waals surface area (Å²) in [6, 6.07) is 2.09. The van der Waals surface area contributed by atoms with Gasteiger partial charge in [0, 0.05) is 18.8 Å². The molecule has 20 heavy (non-hydrogen) atoms. The van der Waals surface area contributed by atoms with Gasteiger partial charge in [-0.3, -0.25) is 4.79 Å². The van der Waals surface area contributed by atoms with Gasteiger partial charge in [0.15, 0.2) is 0 Å². The first kappa shape index (κ1) is 14.9. The number of aromatic nitrogens is 1. The minimum atomic E-state index is 0.0221. The summed E-state index contributed by atoms with van der Waals surface area (Å²) in [7, 11) is 0. The van der Waals surface area contributed by atoms with Gasteiger partial charge in [0.1, 0.15) is 5.69 Å². The van der Waals surface area contributed by atoms with E-state index in [1.165, 1.54) is 25.7 Å². The minimum absolute atomic E-state index is 0.0221. The molecule has 112 valence electrons. The highest BCUT2D eigenvalue weighted by molar-refractivity contribution is 5.94. The average molecular weight is 277 g/mol. The Morgan fingerprint density at radius 2 is 2.15 bits per heavy atom. The van der Waals surface area contributed by atoms with Crippen molar-refractivity contribution in [3.8, 4) is 0 Å². The zero-order valence-corrected chi connectivity index (χ0v) is 12.7. The topological polar surface area (TPSA) is 60.0 Å². The van der Waals surface area contributed by atoms with Gasteiger partial charge < -0.3 is 15.6 Å². The second-order valence-electron chi connectivity index (χ2n) is 6.05. The van der Waals surface area contributed by atoms with Crippen LogP contribution in [0, 0.1) is 5.92 Å². The molecule has 1 heterocycles. The highest BCUT2D eigenvalue weighted by atomic mass is 16.2. The molecule has 1 aromatic heterocycles. The summed E-state index contributed by atoms with van der Waals surface area (Å²) in [6.07, 6.45) is 8.94. The van der Waals surface area contributed by atoms with E-state index in [1.54, 1.807) is 6.07 Å². The molecular formula is C16H27N3O. The molecule has 1 aliphatic rings. The maximum atomic E-state index is 12.5. The molecule has 4 heteroatoms. The van der Waals surface area contributed by atoms with Gasteiger partial charge in [-0.1, -0.05) is 33.1 Å². The predicted octanol–water partition coefficient (Wildman–Crippen LogP) is 3.18. The monoisotopic (exact) mass is 277 g/mol. The van der Waals surface area contributed by atoms with E-state index in [1.807, 2.05) is 10.8 Å². The molecule has 0 bridgehead atoms. The third-order valence-corrected chi connectivity index (χ3v) is 4.29. The smallest absolute Gasteiger partial charge is 0.268 e. The maximum absolute atomic E-state index is 12.5. The van der Waals surface area contributed by atoms with Crippen LogP contribution in [0.25, 0.3) is 0 Å². The molecule has 1 aliphatic carbocycles. The van der Waals surface area contributed by atoms with Crippen molar-refractivity contribution in [2.45, 2.75) is 65.0 Å². The van der Waals surface area contributed by atoms with Crippen LogP contribution in [0.2, 0.25) is 0 Å². The number of hydrogen-bond donors (Lipinski definition) is 2. The van der Waals surface area contributed by atoms with Crippen LogP contribution in [0.4, 0.5) is 5.69 Å². The lowest BCUT2D eigenvalue weighted by Crippen LogP contribution is -2.39. The molecular weight excluding hydrogens is 250 g/mol. The van der Waals surface area contributed by atoms with Crippen molar-refractivity contribution >= 4 is 11.6 Å². The minimum Gasteiger partial charge on any atom is -0.397 e. The number of anilines is 1. The molecule has 1 fully saturated rings. The van der Waals surface area contributed by atoms with Crippen LogP contribution < -0.4 is 11.1 Å². The molecule has 0 aliphatic heterocycles. The summed E-state index contributed by atoms with van der Waals surface area (Å²) in [5.74, 6) is 0.585. The van der Waals surface area contributed by atoms with E-state index in [2.05, 4.69) is 19.2 Å². The zero-order valence-electron chi connectivity index (χ0n) is 12.7. The van der Waals surface area contributed by atoms with E-state index in [9.17, 15) is 4.79 Å². The van der Waals surface area contributed by atoms with Crippen molar-refractivity contribution in [3.63, 3.8) is 0 Å². The molecule has 0 saturated heterocycles. The Morgan fingerprint density at radius 3 is 2.90 bits per heavy atom. The van der Waals surface area contributed by atoms with Gasteiger partial charge >= 0.3 is 0 Å². The second kappa shape index (κ2) is 6.82. The molecule has 0 spiro atoms. The van der Waals surface area contributed by atoms with E-state index in [0.29, 0.717) is 23.3 Å². The number of nitrogens with two attached hydrogens (primary N) is 1. The second-order valence-corrected chi connectivity index (χ2v) is 6.05. The van der Waals surface area contributed by atoms with Gasteiger partial charge in [-0.15, -0.1) is 0 Å². The van der Waals surface area contributed by atoms with Crippen LogP contribution in [0.1, 0.15) is 62.9 Å². The maximum Gasteiger partial charge on any atom is 0.268 e. The van der Waals surface area contributed by atoms with Crippen molar-refractivity contribution in [1.82, 2.24) is 9.88 Å². The van der Waals surface area contributed by atoms with E-state index < -0.39 is 0 Å². The largest absolute Gasteiger partial charge is 0.397 e. The fourth-order valence-corrected chi connectivity index (χ4v) is 3.10. The standard InChI is InChI=1S/C16H27N3O/c1-3-9-19-11-13(17)10-15(19)16(20)18-14-8-6-4-5-7-12(14)2/h10-12,14H,3-9,17H2,1-2H3,(H,18,20). The van der Waals surface area contributed by atoms with E-state index in [4.69, 9.17) is 5.73 Å². The van der Waals surface area contributed by atoms with Gasteiger partial charge in [0.2, 0.25) is 0 Å². The van der Waals surface area contributed by atoms with Crippen LogP contribution in [0.5, 0.6) is 0 Å². The first-order valence-electron chi connectivity index (χ1n) is 7.88. The lowest BCUT2D eigenvalue weighted by atomic mass is 9.97.